The summed E-state index contributed by atoms with van der Waals surface area (Å²) in [6.07, 6.45) is 7.59. The van der Waals surface area contributed by atoms with Gasteiger partial charge in [-0.1, -0.05) is 19.8 Å². The number of hydrogen-bond donors (Lipinski definition) is 1. The molecule has 13 heavy (non-hydrogen) atoms. The largest absolute Gasteiger partial charge is 0.393 e. The molecule has 0 amide bonds. The van der Waals surface area contributed by atoms with Crippen molar-refractivity contribution in [2.45, 2.75) is 58.0 Å². The fourth-order valence-electron chi connectivity index (χ4n) is 2.28. The van der Waals surface area contributed by atoms with Crippen LogP contribution in [0.15, 0.2) is 0 Å². The van der Waals surface area contributed by atoms with Gasteiger partial charge in [-0.15, -0.1) is 0 Å². The van der Waals surface area contributed by atoms with Crippen molar-refractivity contribution in [2.24, 2.45) is 5.41 Å². The monoisotopic (exact) mass is 184 g/mol. The first kappa shape index (κ1) is 10.7. The van der Waals surface area contributed by atoms with Gasteiger partial charge < -0.3 is 9.90 Å². The van der Waals surface area contributed by atoms with Gasteiger partial charge in [0.25, 0.3) is 0 Å². The molecule has 1 saturated carbocycles. The second-order valence-electron chi connectivity index (χ2n) is 4.33. The van der Waals surface area contributed by atoms with Gasteiger partial charge in [-0.25, -0.2) is 0 Å². The molecule has 2 atom stereocenters. The molecule has 0 aromatic carbocycles. The molecule has 0 saturated heterocycles. The van der Waals surface area contributed by atoms with Crippen molar-refractivity contribution in [3.8, 4) is 0 Å². The summed E-state index contributed by atoms with van der Waals surface area (Å²) in [6, 6.07) is 0. The molecule has 1 aliphatic carbocycles. The van der Waals surface area contributed by atoms with E-state index in [0.717, 1.165) is 44.8 Å². The summed E-state index contributed by atoms with van der Waals surface area (Å²) in [5.74, 6) is 0. The molecule has 0 radical (unpaired) electrons. The minimum atomic E-state index is -0.240. The minimum absolute atomic E-state index is 0.187. The summed E-state index contributed by atoms with van der Waals surface area (Å²) in [4.78, 5) is 11.0. The molecule has 0 spiro atoms. The quantitative estimate of drug-likeness (QED) is 0.681. The van der Waals surface area contributed by atoms with Crippen molar-refractivity contribution in [1.29, 1.82) is 0 Å². The van der Waals surface area contributed by atoms with Crippen molar-refractivity contribution in [3.63, 3.8) is 0 Å². The van der Waals surface area contributed by atoms with E-state index in [1.807, 2.05) is 0 Å². The summed E-state index contributed by atoms with van der Waals surface area (Å²) in [6.45, 7) is 2.14. The Kier molecular flexibility index (Phi) is 3.91. The molecule has 2 nitrogen and oxygen atoms in total. The number of unbranched alkanes of at least 4 members (excludes halogenated alkanes) is 1. The van der Waals surface area contributed by atoms with Crippen LogP contribution in [0, 0.1) is 5.41 Å². The van der Waals surface area contributed by atoms with E-state index in [1.165, 1.54) is 0 Å². The van der Waals surface area contributed by atoms with Crippen molar-refractivity contribution < 1.29 is 9.90 Å². The predicted molar refractivity (Wildman–Crippen MR) is 52.5 cm³/mol. The Morgan fingerprint density at radius 2 is 2.38 bits per heavy atom. The molecule has 76 valence electrons. The van der Waals surface area contributed by atoms with Crippen LogP contribution in [0.5, 0.6) is 0 Å². The number of hydrogen-bond acceptors (Lipinski definition) is 2. The molecule has 1 N–H and O–H groups in total. The van der Waals surface area contributed by atoms with Crippen LogP contribution in [0.4, 0.5) is 0 Å². The maximum absolute atomic E-state index is 11.0. The number of rotatable bonds is 4. The average molecular weight is 184 g/mol. The number of carbonyl (C=O) groups is 1. The standard InChI is InChI=1S/C11H20O2/c1-2-3-6-11(9-12)7-4-5-10(13)8-11/h9-10,13H,2-8H2,1H3. The molecular formula is C11H20O2. The second-order valence-corrected chi connectivity index (χ2v) is 4.33. The van der Waals surface area contributed by atoms with Crippen LogP contribution in [0.1, 0.15) is 51.9 Å². The average Bonchev–Trinajstić information content (AvgIpc) is 2.15. The molecule has 0 heterocycles. The van der Waals surface area contributed by atoms with Crippen LogP contribution in [0.25, 0.3) is 0 Å². The Bertz CT molecular complexity index is 167. The molecule has 1 fully saturated rings. The molecule has 2 unspecified atom stereocenters. The van der Waals surface area contributed by atoms with Gasteiger partial charge in [-0.3, -0.25) is 0 Å². The third kappa shape index (κ3) is 2.80. The van der Waals surface area contributed by atoms with E-state index in [9.17, 15) is 9.90 Å². The molecule has 1 rings (SSSR count). The van der Waals surface area contributed by atoms with Gasteiger partial charge in [-0.2, -0.15) is 0 Å². The summed E-state index contributed by atoms with van der Waals surface area (Å²) in [7, 11) is 0. The lowest BCUT2D eigenvalue weighted by Gasteiger charge is -2.34. The molecule has 1 aliphatic rings. The van der Waals surface area contributed by atoms with E-state index in [-0.39, 0.29) is 11.5 Å². The molecule has 0 aromatic heterocycles. The zero-order chi connectivity index (χ0) is 9.73. The fraction of sp³-hybridized carbons (Fsp3) is 0.909. The Labute approximate surface area is 80.3 Å². The lowest BCUT2D eigenvalue weighted by atomic mass is 9.71. The van der Waals surface area contributed by atoms with E-state index in [2.05, 4.69) is 6.92 Å². The first-order valence-electron chi connectivity index (χ1n) is 5.37. The van der Waals surface area contributed by atoms with Gasteiger partial charge in [-0.05, 0) is 32.1 Å². The Morgan fingerprint density at radius 1 is 1.62 bits per heavy atom. The number of aliphatic hydroxyl groups excluding tert-OH is 1. The lowest BCUT2D eigenvalue weighted by molar-refractivity contribution is -0.120. The van der Waals surface area contributed by atoms with Gasteiger partial charge >= 0.3 is 0 Å². The van der Waals surface area contributed by atoms with E-state index in [1.54, 1.807) is 0 Å². The van der Waals surface area contributed by atoms with E-state index in [0.29, 0.717) is 6.42 Å². The van der Waals surface area contributed by atoms with Crippen LogP contribution in [0.3, 0.4) is 0 Å². The third-order valence-corrected chi connectivity index (χ3v) is 3.13. The number of aldehydes is 1. The van der Waals surface area contributed by atoms with Crippen LogP contribution < -0.4 is 0 Å². The van der Waals surface area contributed by atoms with Gasteiger partial charge in [0.15, 0.2) is 0 Å². The molecule has 2 heteroatoms. The summed E-state index contributed by atoms with van der Waals surface area (Å²) >= 11 is 0. The van der Waals surface area contributed by atoms with Crippen molar-refractivity contribution in [2.75, 3.05) is 0 Å². The SMILES string of the molecule is CCCCC1(C=O)CCCC(O)C1. The smallest absolute Gasteiger partial charge is 0.126 e. The topological polar surface area (TPSA) is 37.3 Å². The van der Waals surface area contributed by atoms with E-state index in [4.69, 9.17) is 0 Å². The summed E-state index contributed by atoms with van der Waals surface area (Å²) in [5.41, 5.74) is -0.187. The van der Waals surface area contributed by atoms with Gasteiger partial charge in [0, 0.05) is 5.41 Å². The molecule has 0 aromatic rings. The third-order valence-electron chi connectivity index (χ3n) is 3.13. The molecule has 0 bridgehead atoms. The maximum Gasteiger partial charge on any atom is 0.126 e. The van der Waals surface area contributed by atoms with Crippen molar-refractivity contribution in [1.82, 2.24) is 0 Å². The Hall–Kier alpha value is -0.370. The summed E-state index contributed by atoms with van der Waals surface area (Å²) < 4.78 is 0. The maximum atomic E-state index is 11.0. The van der Waals surface area contributed by atoms with Crippen molar-refractivity contribution >= 4 is 6.29 Å². The summed E-state index contributed by atoms with van der Waals surface area (Å²) in [5, 5.41) is 9.52. The highest BCUT2D eigenvalue weighted by molar-refractivity contribution is 5.59. The minimum Gasteiger partial charge on any atom is -0.393 e. The Morgan fingerprint density at radius 3 is 2.92 bits per heavy atom. The van der Waals surface area contributed by atoms with Crippen LogP contribution >= 0.6 is 0 Å². The fourth-order valence-corrected chi connectivity index (χ4v) is 2.28. The first-order valence-corrected chi connectivity index (χ1v) is 5.37. The predicted octanol–water partition coefficient (Wildman–Crippen LogP) is 2.30. The molecule has 0 aliphatic heterocycles. The molecular weight excluding hydrogens is 164 g/mol. The normalized spacial score (nSPS) is 34.5. The van der Waals surface area contributed by atoms with Gasteiger partial charge in [0.1, 0.15) is 6.29 Å². The van der Waals surface area contributed by atoms with Crippen LogP contribution in [-0.4, -0.2) is 17.5 Å². The zero-order valence-electron chi connectivity index (χ0n) is 8.46. The van der Waals surface area contributed by atoms with Crippen molar-refractivity contribution in [3.05, 3.63) is 0 Å². The van der Waals surface area contributed by atoms with Gasteiger partial charge in [0.05, 0.1) is 6.10 Å². The van der Waals surface area contributed by atoms with E-state index >= 15 is 0 Å². The highest BCUT2D eigenvalue weighted by atomic mass is 16.3. The lowest BCUT2D eigenvalue weighted by Crippen LogP contribution is -2.32. The highest BCUT2D eigenvalue weighted by Crippen LogP contribution is 2.38. The highest BCUT2D eigenvalue weighted by Gasteiger charge is 2.34. The zero-order valence-corrected chi connectivity index (χ0v) is 8.46. The first-order chi connectivity index (χ1) is 6.22. The van der Waals surface area contributed by atoms with E-state index < -0.39 is 0 Å². The Balaban J connectivity index is 2.51. The number of carbonyl (C=O) groups excluding carboxylic acids is 1. The number of aliphatic hydroxyl groups is 1. The van der Waals surface area contributed by atoms with Gasteiger partial charge in [0.2, 0.25) is 0 Å². The van der Waals surface area contributed by atoms with Crippen LogP contribution in [-0.2, 0) is 4.79 Å². The van der Waals surface area contributed by atoms with Crippen LogP contribution in [0.2, 0.25) is 0 Å². The second kappa shape index (κ2) is 4.75.